The number of aromatic hydroxyl groups is 1. The molecular formula is C16H11NO2. The van der Waals surface area contributed by atoms with E-state index in [1.807, 2.05) is 18.2 Å². The molecule has 1 aromatic heterocycles. The molecule has 1 N–H and O–H groups in total. The SMILES string of the molecule is O=C(c1ccccc1)c1ccnc2c(O)cccc12. The van der Waals surface area contributed by atoms with Gasteiger partial charge in [0.15, 0.2) is 5.78 Å². The van der Waals surface area contributed by atoms with Crippen molar-refractivity contribution >= 4 is 16.7 Å². The van der Waals surface area contributed by atoms with Crippen molar-refractivity contribution in [2.24, 2.45) is 0 Å². The van der Waals surface area contributed by atoms with E-state index in [2.05, 4.69) is 4.98 Å². The summed E-state index contributed by atoms with van der Waals surface area (Å²) in [6.45, 7) is 0. The van der Waals surface area contributed by atoms with Crippen LogP contribution in [0, 0.1) is 0 Å². The van der Waals surface area contributed by atoms with Gasteiger partial charge < -0.3 is 5.11 Å². The Morgan fingerprint density at radius 1 is 0.947 bits per heavy atom. The highest BCUT2D eigenvalue weighted by Crippen LogP contribution is 2.26. The van der Waals surface area contributed by atoms with Crippen LogP contribution in [0.5, 0.6) is 5.75 Å². The second-order valence-electron chi connectivity index (χ2n) is 4.23. The first-order valence-electron chi connectivity index (χ1n) is 5.94. The predicted octanol–water partition coefficient (Wildman–Crippen LogP) is 3.17. The largest absolute Gasteiger partial charge is 0.506 e. The fourth-order valence-electron chi connectivity index (χ4n) is 2.10. The molecule has 0 fully saturated rings. The number of nitrogens with zero attached hydrogens (tertiary/aromatic N) is 1. The first-order chi connectivity index (χ1) is 9.27. The van der Waals surface area contributed by atoms with Crippen LogP contribution in [0.1, 0.15) is 15.9 Å². The van der Waals surface area contributed by atoms with E-state index in [1.54, 1.807) is 36.4 Å². The van der Waals surface area contributed by atoms with Gasteiger partial charge in [-0.15, -0.1) is 0 Å². The third-order valence-electron chi connectivity index (χ3n) is 3.03. The molecule has 3 aromatic rings. The maximum absolute atomic E-state index is 12.5. The average molecular weight is 249 g/mol. The Morgan fingerprint density at radius 2 is 1.74 bits per heavy atom. The lowest BCUT2D eigenvalue weighted by molar-refractivity contribution is 0.104. The van der Waals surface area contributed by atoms with Crippen LogP contribution in [0.2, 0.25) is 0 Å². The lowest BCUT2D eigenvalue weighted by Crippen LogP contribution is -2.02. The van der Waals surface area contributed by atoms with Crippen molar-refractivity contribution in [1.82, 2.24) is 4.98 Å². The summed E-state index contributed by atoms with van der Waals surface area (Å²) in [6.07, 6.45) is 1.54. The number of pyridine rings is 1. The van der Waals surface area contributed by atoms with Gasteiger partial charge in [0, 0.05) is 22.7 Å². The molecule has 0 unspecified atom stereocenters. The van der Waals surface area contributed by atoms with Crippen LogP contribution in [-0.2, 0) is 0 Å². The van der Waals surface area contributed by atoms with Crippen molar-refractivity contribution in [3.8, 4) is 5.75 Å². The summed E-state index contributed by atoms with van der Waals surface area (Å²) in [5, 5.41) is 10.4. The molecule has 0 aliphatic carbocycles. The van der Waals surface area contributed by atoms with E-state index in [1.165, 1.54) is 6.20 Å². The highest BCUT2D eigenvalue weighted by molar-refractivity contribution is 6.16. The van der Waals surface area contributed by atoms with Crippen LogP contribution in [0.3, 0.4) is 0 Å². The van der Waals surface area contributed by atoms with Crippen LogP contribution < -0.4 is 0 Å². The number of phenolic OH excluding ortho intramolecular Hbond substituents is 1. The number of hydrogen-bond donors (Lipinski definition) is 1. The number of para-hydroxylation sites is 1. The smallest absolute Gasteiger partial charge is 0.193 e. The normalized spacial score (nSPS) is 10.5. The minimum absolute atomic E-state index is 0.0707. The number of phenols is 1. The fourth-order valence-corrected chi connectivity index (χ4v) is 2.10. The first-order valence-corrected chi connectivity index (χ1v) is 5.94. The van der Waals surface area contributed by atoms with Gasteiger partial charge >= 0.3 is 0 Å². The Labute approximate surface area is 110 Å². The van der Waals surface area contributed by atoms with Gasteiger partial charge in [-0.2, -0.15) is 0 Å². The van der Waals surface area contributed by atoms with Crippen molar-refractivity contribution in [1.29, 1.82) is 0 Å². The Bertz CT molecular complexity index is 751. The molecule has 1 heterocycles. The summed E-state index contributed by atoms with van der Waals surface area (Å²) in [6, 6.07) is 15.8. The average Bonchev–Trinajstić information content (AvgIpc) is 2.47. The summed E-state index contributed by atoms with van der Waals surface area (Å²) >= 11 is 0. The van der Waals surface area contributed by atoms with E-state index in [0.29, 0.717) is 22.0 Å². The molecule has 0 bridgehead atoms. The van der Waals surface area contributed by atoms with Gasteiger partial charge in [-0.05, 0) is 12.1 Å². The van der Waals surface area contributed by atoms with Crippen LogP contribution in [-0.4, -0.2) is 15.9 Å². The molecule has 3 heteroatoms. The minimum Gasteiger partial charge on any atom is -0.506 e. The number of ketones is 1. The van der Waals surface area contributed by atoms with Gasteiger partial charge in [0.2, 0.25) is 0 Å². The fraction of sp³-hybridized carbons (Fsp3) is 0. The molecule has 19 heavy (non-hydrogen) atoms. The summed E-state index contributed by atoms with van der Waals surface area (Å²) in [5.74, 6) is 0.0128. The molecule has 0 aliphatic rings. The van der Waals surface area contributed by atoms with E-state index in [4.69, 9.17) is 0 Å². The highest BCUT2D eigenvalue weighted by atomic mass is 16.3. The molecule has 0 saturated carbocycles. The number of carbonyl (C=O) groups is 1. The van der Waals surface area contributed by atoms with Gasteiger partial charge in [-0.25, -0.2) is 0 Å². The zero-order valence-electron chi connectivity index (χ0n) is 10.1. The predicted molar refractivity (Wildman–Crippen MR) is 73.3 cm³/mol. The van der Waals surface area contributed by atoms with Crippen LogP contribution >= 0.6 is 0 Å². The first kappa shape index (κ1) is 11.4. The molecule has 0 aliphatic heterocycles. The number of benzene rings is 2. The molecule has 0 atom stereocenters. The quantitative estimate of drug-likeness (QED) is 0.710. The van der Waals surface area contributed by atoms with E-state index in [0.717, 1.165) is 0 Å². The van der Waals surface area contributed by atoms with Gasteiger partial charge in [0.25, 0.3) is 0 Å². The monoisotopic (exact) mass is 249 g/mol. The molecule has 92 valence electrons. The summed E-state index contributed by atoms with van der Waals surface area (Å²) in [7, 11) is 0. The van der Waals surface area contributed by atoms with Gasteiger partial charge in [0.05, 0.1) is 0 Å². The Morgan fingerprint density at radius 3 is 2.53 bits per heavy atom. The van der Waals surface area contributed by atoms with Crippen molar-refractivity contribution in [2.75, 3.05) is 0 Å². The van der Waals surface area contributed by atoms with E-state index < -0.39 is 0 Å². The molecule has 0 radical (unpaired) electrons. The Balaban J connectivity index is 2.21. The third-order valence-corrected chi connectivity index (χ3v) is 3.03. The Hall–Kier alpha value is -2.68. The zero-order valence-corrected chi connectivity index (χ0v) is 10.1. The lowest BCUT2D eigenvalue weighted by atomic mass is 10.00. The van der Waals surface area contributed by atoms with Gasteiger partial charge in [0.1, 0.15) is 11.3 Å². The van der Waals surface area contributed by atoms with Crippen molar-refractivity contribution < 1.29 is 9.90 Å². The second-order valence-corrected chi connectivity index (χ2v) is 4.23. The second kappa shape index (κ2) is 4.53. The summed E-state index contributed by atoms with van der Waals surface area (Å²) < 4.78 is 0. The highest BCUT2D eigenvalue weighted by Gasteiger charge is 2.13. The van der Waals surface area contributed by atoms with Gasteiger partial charge in [-0.1, -0.05) is 42.5 Å². The number of carbonyl (C=O) groups excluding carboxylic acids is 1. The Kier molecular flexibility index (Phi) is 2.72. The van der Waals surface area contributed by atoms with Crippen LogP contribution in [0.4, 0.5) is 0 Å². The number of aromatic nitrogens is 1. The minimum atomic E-state index is -0.0707. The number of fused-ring (bicyclic) bond motifs is 1. The number of hydrogen-bond acceptors (Lipinski definition) is 3. The molecule has 0 amide bonds. The number of rotatable bonds is 2. The molecular weight excluding hydrogens is 238 g/mol. The summed E-state index contributed by atoms with van der Waals surface area (Å²) in [4.78, 5) is 16.6. The lowest BCUT2D eigenvalue weighted by Gasteiger charge is -2.06. The van der Waals surface area contributed by atoms with E-state index >= 15 is 0 Å². The van der Waals surface area contributed by atoms with Gasteiger partial charge in [-0.3, -0.25) is 9.78 Å². The molecule has 0 saturated heterocycles. The topological polar surface area (TPSA) is 50.2 Å². The standard InChI is InChI=1S/C16H11NO2/c18-14-8-4-7-12-13(9-10-17-15(12)14)16(19)11-5-2-1-3-6-11/h1-10,18H. The van der Waals surface area contributed by atoms with Crippen molar-refractivity contribution in [2.45, 2.75) is 0 Å². The maximum Gasteiger partial charge on any atom is 0.193 e. The van der Waals surface area contributed by atoms with Crippen LogP contribution in [0.15, 0.2) is 60.8 Å². The van der Waals surface area contributed by atoms with Crippen LogP contribution in [0.25, 0.3) is 10.9 Å². The molecule has 0 spiro atoms. The van der Waals surface area contributed by atoms with Crippen molar-refractivity contribution in [3.05, 3.63) is 71.9 Å². The maximum atomic E-state index is 12.5. The molecule has 3 nitrogen and oxygen atoms in total. The molecule has 3 rings (SSSR count). The zero-order chi connectivity index (χ0) is 13.2. The van der Waals surface area contributed by atoms with E-state index in [-0.39, 0.29) is 11.5 Å². The van der Waals surface area contributed by atoms with Crippen molar-refractivity contribution in [3.63, 3.8) is 0 Å². The molecule has 2 aromatic carbocycles. The third kappa shape index (κ3) is 1.95. The van der Waals surface area contributed by atoms with E-state index in [9.17, 15) is 9.90 Å². The summed E-state index contributed by atoms with van der Waals surface area (Å²) in [5.41, 5.74) is 1.62.